The van der Waals surface area contributed by atoms with Gasteiger partial charge in [-0.2, -0.15) is 0 Å². The van der Waals surface area contributed by atoms with E-state index in [0.29, 0.717) is 13.2 Å². The zero-order valence-corrected chi connectivity index (χ0v) is 5.89. The Morgan fingerprint density at radius 2 is 1.44 bits per heavy atom. The first-order valence-corrected chi connectivity index (χ1v) is 2.76. The lowest BCUT2D eigenvalue weighted by atomic mass is 9.97. The molecule has 0 amide bonds. The van der Waals surface area contributed by atoms with E-state index in [1.54, 1.807) is 0 Å². The minimum atomic E-state index is -0.0938. The Bertz CT molecular complexity index is 67.4. The highest BCUT2D eigenvalue weighted by Gasteiger charge is 2.17. The SMILES string of the molecule is CC(C)(CON)CON. The lowest BCUT2D eigenvalue weighted by molar-refractivity contribution is -0.00463. The third kappa shape index (κ3) is 4.35. The average molecular weight is 134 g/mol. The largest absolute Gasteiger partial charge is 0.304 e. The minimum absolute atomic E-state index is 0.0938. The monoisotopic (exact) mass is 134 g/mol. The highest BCUT2D eigenvalue weighted by molar-refractivity contribution is 4.64. The van der Waals surface area contributed by atoms with Gasteiger partial charge in [0.05, 0.1) is 13.2 Å². The maximum Gasteiger partial charge on any atom is 0.0753 e. The third-order valence-electron chi connectivity index (χ3n) is 0.948. The Balaban J connectivity index is 3.43. The molecule has 4 N–H and O–H groups in total. The second-order valence-electron chi connectivity index (χ2n) is 2.79. The van der Waals surface area contributed by atoms with Gasteiger partial charge in [-0.15, -0.1) is 0 Å². The molecular formula is C5H14N2O2. The van der Waals surface area contributed by atoms with Gasteiger partial charge in [0.25, 0.3) is 0 Å². The molecule has 0 bridgehead atoms. The standard InChI is InChI=1S/C5H14N2O2/c1-5(2,3-8-6)4-9-7/h3-4,6-7H2,1-2H3. The van der Waals surface area contributed by atoms with Gasteiger partial charge in [0.15, 0.2) is 0 Å². The van der Waals surface area contributed by atoms with E-state index in [0.717, 1.165) is 0 Å². The molecule has 0 aliphatic heterocycles. The van der Waals surface area contributed by atoms with Crippen LogP contribution in [0, 0.1) is 5.41 Å². The fraction of sp³-hybridized carbons (Fsp3) is 1.00. The van der Waals surface area contributed by atoms with Gasteiger partial charge in [-0.1, -0.05) is 13.8 Å². The number of hydrogen-bond acceptors (Lipinski definition) is 4. The van der Waals surface area contributed by atoms with Crippen molar-refractivity contribution >= 4 is 0 Å². The van der Waals surface area contributed by atoms with Crippen molar-refractivity contribution < 1.29 is 9.68 Å². The van der Waals surface area contributed by atoms with Gasteiger partial charge in [0.2, 0.25) is 0 Å². The van der Waals surface area contributed by atoms with Crippen LogP contribution in [0.4, 0.5) is 0 Å². The van der Waals surface area contributed by atoms with Crippen LogP contribution >= 0.6 is 0 Å². The van der Waals surface area contributed by atoms with Crippen LogP contribution in [-0.2, 0) is 9.68 Å². The normalized spacial score (nSPS) is 12.0. The summed E-state index contributed by atoms with van der Waals surface area (Å²) in [6.45, 7) is 4.80. The summed E-state index contributed by atoms with van der Waals surface area (Å²) >= 11 is 0. The maximum absolute atomic E-state index is 4.85. The molecule has 0 unspecified atom stereocenters. The lowest BCUT2D eigenvalue weighted by Gasteiger charge is -2.20. The minimum Gasteiger partial charge on any atom is -0.304 e. The molecule has 0 radical (unpaired) electrons. The average Bonchev–Trinajstić information content (AvgIpc) is 1.64. The molecule has 0 saturated carbocycles. The molecule has 0 aromatic carbocycles. The Kier molecular flexibility index (Phi) is 3.72. The lowest BCUT2D eigenvalue weighted by Crippen LogP contribution is -2.28. The highest BCUT2D eigenvalue weighted by Crippen LogP contribution is 2.13. The van der Waals surface area contributed by atoms with E-state index in [-0.39, 0.29) is 5.41 Å². The first kappa shape index (κ1) is 8.84. The number of hydrogen-bond donors (Lipinski definition) is 2. The maximum atomic E-state index is 4.85. The summed E-state index contributed by atoms with van der Waals surface area (Å²) in [5.74, 6) is 9.70. The van der Waals surface area contributed by atoms with E-state index in [1.165, 1.54) is 0 Å². The molecule has 0 aliphatic carbocycles. The molecule has 0 rings (SSSR count). The van der Waals surface area contributed by atoms with E-state index >= 15 is 0 Å². The first-order valence-electron chi connectivity index (χ1n) is 2.76. The zero-order chi connectivity index (χ0) is 7.33. The smallest absolute Gasteiger partial charge is 0.0753 e. The van der Waals surface area contributed by atoms with E-state index in [2.05, 4.69) is 9.68 Å². The molecule has 0 fully saturated rings. The van der Waals surface area contributed by atoms with Crippen LogP contribution in [-0.4, -0.2) is 13.2 Å². The van der Waals surface area contributed by atoms with Crippen molar-refractivity contribution in [2.45, 2.75) is 13.8 Å². The fourth-order valence-electron chi connectivity index (χ4n) is 0.493. The van der Waals surface area contributed by atoms with Gasteiger partial charge >= 0.3 is 0 Å². The van der Waals surface area contributed by atoms with E-state index in [4.69, 9.17) is 11.8 Å². The quantitative estimate of drug-likeness (QED) is 0.522. The number of rotatable bonds is 4. The molecule has 0 aliphatic rings. The second-order valence-corrected chi connectivity index (χ2v) is 2.79. The van der Waals surface area contributed by atoms with Crippen LogP contribution in [0.2, 0.25) is 0 Å². The summed E-state index contributed by atoms with van der Waals surface area (Å²) in [5.41, 5.74) is -0.0938. The van der Waals surface area contributed by atoms with Crippen molar-refractivity contribution in [1.29, 1.82) is 0 Å². The Morgan fingerprint density at radius 3 is 1.67 bits per heavy atom. The molecule has 0 aromatic rings. The summed E-state index contributed by atoms with van der Waals surface area (Å²) in [5, 5.41) is 0. The molecular weight excluding hydrogens is 120 g/mol. The van der Waals surface area contributed by atoms with Gasteiger partial charge in [-0.05, 0) is 0 Å². The molecule has 0 aromatic heterocycles. The number of nitrogens with two attached hydrogens (primary N) is 2. The van der Waals surface area contributed by atoms with Crippen molar-refractivity contribution in [2.75, 3.05) is 13.2 Å². The van der Waals surface area contributed by atoms with Crippen LogP contribution in [0.15, 0.2) is 0 Å². The van der Waals surface area contributed by atoms with E-state index in [9.17, 15) is 0 Å². The Morgan fingerprint density at radius 1 is 1.11 bits per heavy atom. The van der Waals surface area contributed by atoms with Gasteiger partial charge in [0, 0.05) is 5.41 Å². The van der Waals surface area contributed by atoms with Crippen molar-refractivity contribution in [2.24, 2.45) is 17.2 Å². The van der Waals surface area contributed by atoms with E-state index in [1.807, 2.05) is 13.8 Å². The third-order valence-corrected chi connectivity index (χ3v) is 0.948. The Labute approximate surface area is 55.0 Å². The van der Waals surface area contributed by atoms with Crippen LogP contribution in [0.3, 0.4) is 0 Å². The van der Waals surface area contributed by atoms with Crippen molar-refractivity contribution in [3.63, 3.8) is 0 Å². The fourth-order valence-corrected chi connectivity index (χ4v) is 0.493. The molecule has 0 spiro atoms. The highest BCUT2D eigenvalue weighted by atomic mass is 16.6. The van der Waals surface area contributed by atoms with Crippen molar-refractivity contribution in [3.05, 3.63) is 0 Å². The van der Waals surface area contributed by atoms with Gasteiger partial charge in [-0.25, -0.2) is 11.8 Å². The Hall–Kier alpha value is -0.160. The molecule has 0 heterocycles. The summed E-state index contributed by atoms with van der Waals surface area (Å²) in [6.07, 6.45) is 0. The first-order chi connectivity index (χ1) is 4.12. The molecule has 4 nitrogen and oxygen atoms in total. The summed E-state index contributed by atoms with van der Waals surface area (Å²) in [6, 6.07) is 0. The molecule has 9 heavy (non-hydrogen) atoms. The zero-order valence-electron chi connectivity index (χ0n) is 5.89. The predicted octanol–water partition coefficient (Wildman–Crippen LogP) is -0.207. The van der Waals surface area contributed by atoms with Crippen LogP contribution in [0.5, 0.6) is 0 Å². The van der Waals surface area contributed by atoms with Crippen LogP contribution in [0.1, 0.15) is 13.8 Å². The molecule has 56 valence electrons. The summed E-state index contributed by atoms with van der Waals surface area (Å²) in [4.78, 5) is 8.85. The van der Waals surface area contributed by atoms with E-state index < -0.39 is 0 Å². The van der Waals surface area contributed by atoms with Crippen LogP contribution < -0.4 is 11.8 Å². The predicted molar refractivity (Wildman–Crippen MR) is 34.1 cm³/mol. The van der Waals surface area contributed by atoms with Crippen molar-refractivity contribution in [3.8, 4) is 0 Å². The topological polar surface area (TPSA) is 70.5 Å². The van der Waals surface area contributed by atoms with Crippen LogP contribution in [0.25, 0.3) is 0 Å². The van der Waals surface area contributed by atoms with Gasteiger partial charge < -0.3 is 9.68 Å². The molecule has 0 saturated heterocycles. The van der Waals surface area contributed by atoms with Gasteiger partial charge in [-0.3, -0.25) is 0 Å². The van der Waals surface area contributed by atoms with Gasteiger partial charge in [0.1, 0.15) is 0 Å². The van der Waals surface area contributed by atoms with Crippen molar-refractivity contribution in [1.82, 2.24) is 0 Å². The summed E-state index contributed by atoms with van der Waals surface area (Å²) < 4.78 is 0. The molecule has 4 heteroatoms. The second kappa shape index (κ2) is 3.79. The summed E-state index contributed by atoms with van der Waals surface area (Å²) in [7, 11) is 0. The molecule has 0 atom stereocenters.